The van der Waals surface area contributed by atoms with Crippen molar-refractivity contribution in [3.05, 3.63) is 28.5 Å². The predicted octanol–water partition coefficient (Wildman–Crippen LogP) is 2.56. The molecule has 20 heavy (non-hydrogen) atoms. The number of likely N-dealkylation sites (tertiary alicyclic amines) is 1. The fourth-order valence-electron chi connectivity index (χ4n) is 2.32. The maximum absolute atomic E-state index is 12.0. The molecule has 4 nitrogen and oxygen atoms in total. The molecule has 0 spiro atoms. The van der Waals surface area contributed by atoms with Crippen LogP contribution in [0.5, 0.6) is 0 Å². The summed E-state index contributed by atoms with van der Waals surface area (Å²) in [6.07, 6.45) is 5.69. The molecule has 0 aromatic carbocycles. The highest BCUT2D eigenvalue weighted by Crippen LogP contribution is 2.21. The SMILES string of the molecule is COC(=O)CC1CCN(C(=O)/C=C/c2cccs2)CC1. The minimum atomic E-state index is -0.160. The molecule has 2 heterocycles. The summed E-state index contributed by atoms with van der Waals surface area (Å²) in [7, 11) is 1.41. The van der Waals surface area contributed by atoms with Crippen molar-refractivity contribution >= 4 is 29.3 Å². The largest absolute Gasteiger partial charge is 0.469 e. The number of hydrogen-bond donors (Lipinski definition) is 0. The Hall–Kier alpha value is -1.62. The van der Waals surface area contributed by atoms with E-state index in [1.165, 1.54) is 7.11 Å². The van der Waals surface area contributed by atoms with Gasteiger partial charge in [-0.05, 0) is 36.3 Å². The highest BCUT2D eigenvalue weighted by Gasteiger charge is 2.23. The Morgan fingerprint density at radius 3 is 2.80 bits per heavy atom. The zero-order valence-electron chi connectivity index (χ0n) is 11.6. The van der Waals surface area contributed by atoms with Crippen LogP contribution in [0.3, 0.4) is 0 Å². The molecule has 0 atom stereocenters. The Morgan fingerprint density at radius 2 is 2.20 bits per heavy atom. The molecule has 0 aliphatic carbocycles. The van der Waals surface area contributed by atoms with E-state index in [2.05, 4.69) is 4.74 Å². The van der Waals surface area contributed by atoms with E-state index in [1.54, 1.807) is 17.4 Å². The van der Waals surface area contributed by atoms with Crippen molar-refractivity contribution < 1.29 is 14.3 Å². The smallest absolute Gasteiger partial charge is 0.305 e. The van der Waals surface area contributed by atoms with Gasteiger partial charge < -0.3 is 9.64 Å². The number of thiophene rings is 1. The third-order valence-corrected chi connectivity index (χ3v) is 4.38. The molecule has 2 rings (SSSR count). The summed E-state index contributed by atoms with van der Waals surface area (Å²) in [6, 6.07) is 3.95. The van der Waals surface area contributed by atoms with Crippen molar-refractivity contribution in [2.45, 2.75) is 19.3 Å². The monoisotopic (exact) mass is 293 g/mol. The Bertz CT molecular complexity index is 473. The van der Waals surface area contributed by atoms with Gasteiger partial charge in [0, 0.05) is 30.5 Å². The third kappa shape index (κ3) is 4.20. The molecule has 1 saturated heterocycles. The molecule has 1 aliphatic heterocycles. The lowest BCUT2D eigenvalue weighted by Crippen LogP contribution is -2.38. The van der Waals surface area contributed by atoms with Gasteiger partial charge in [0.1, 0.15) is 0 Å². The van der Waals surface area contributed by atoms with E-state index < -0.39 is 0 Å². The topological polar surface area (TPSA) is 46.6 Å². The first-order chi connectivity index (χ1) is 9.69. The van der Waals surface area contributed by atoms with Crippen LogP contribution in [0.2, 0.25) is 0 Å². The molecular formula is C15H19NO3S. The van der Waals surface area contributed by atoms with Crippen LogP contribution in [-0.2, 0) is 14.3 Å². The number of carbonyl (C=O) groups excluding carboxylic acids is 2. The van der Waals surface area contributed by atoms with Crippen molar-refractivity contribution in [2.75, 3.05) is 20.2 Å². The molecule has 0 bridgehead atoms. The zero-order valence-corrected chi connectivity index (χ0v) is 12.4. The maximum Gasteiger partial charge on any atom is 0.305 e. The summed E-state index contributed by atoms with van der Waals surface area (Å²) in [5, 5.41) is 1.99. The number of rotatable bonds is 4. The lowest BCUT2D eigenvalue weighted by Gasteiger charge is -2.30. The predicted molar refractivity (Wildman–Crippen MR) is 79.3 cm³/mol. The molecule has 1 aliphatic rings. The fraction of sp³-hybridized carbons (Fsp3) is 0.467. The standard InChI is InChI=1S/C15H19NO3S/c1-19-15(18)11-12-6-8-16(9-7-12)14(17)5-4-13-3-2-10-20-13/h2-5,10,12H,6-9,11H2,1H3/b5-4+. The highest BCUT2D eigenvalue weighted by atomic mass is 32.1. The zero-order chi connectivity index (χ0) is 14.4. The molecule has 0 radical (unpaired) electrons. The molecule has 0 unspecified atom stereocenters. The van der Waals surface area contributed by atoms with Crippen molar-refractivity contribution in [1.29, 1.82) is 0 Å². The van der Waals surface area contributed by atoms with Gasteiger partial charge in [0.05, 0.1) is 7.11 Å². The summed E-state index contributed by atoms with van der Waals surface area (Å²) < 4.78 is 4.68. The van der Waals surface area contributed by atoms with E-state index in [-0.39, 0.29) is 11.9 Å². The van der Waals surface area contributed by atoms with Crippen molar-refractivity contribution in [3.8, 4) is 0 Å². The maximum atomic E-state index is 12.0. The second-order valence-electron chi connectivity index (χ2n) is 4.90. The van der Waals surface area contributed by atoms with E-state index in [0.29, 0.717) is 12.3 Å². The van der Waals surface area contributed by atoms with Gasteiger partial charge in [0.25, 0.3) is 0 Å². The van der Waals surface area contributed by atoms with Crippen LogP contribution in [0.15, 0.2) is 23.6 Å². The Balaban J connectivity index is 1.78. The minimum absolute atomic E-state index is 0.0509. The summed E-state index contributed by atoms with van der Waals surface area (Å²) >= 11 is 1.61. The molecule has 1 fully saturated rings. The second kappa shape index (κ2) is 7.24. The molecular weight excluding hydrogens is 274 g/mol. The first-order valence-electron chi connectivity index (χ1n) is 6.76. The van der Waals surface area contributed by atoms with Crippen molar-refractivity contribution in [3.63, 3.8) is 0 Å². The number of ether oxygens (including phenoxy) is 1. The molecule has 1 aromatic heterocycles. The molecule has 5 heteroatoms. The van der Waals surface area contributed by atoms with Crippen molar-refractivity contribution in [1.82, 2.24) is 4.90 Å². The van der Waals surface area contributed by atoms with Gasteiger partial charge in [0.2, 0.25) is 5.91 Å². The van der Waals surface area contributed by atoms with Crippen LogP contribution in [-0.4, -0.2) is 37.0 Å². The molecule has 0 N–H and O–H groups in total. The summed E-state index contributed by atoms with van der Waals surface area (Å²) in [5.41, 5.74) is 0. The normalized spacial score (nSPS) is 16.6. The van der Waals surface area contributed by atoms with E-state index in [1.807, 2.05) is 28.5 Å². The van der Waals surface area contributed by atoms with Crippen LogP contribution < -0.4 is 0 Å². The molecule has 1 amide bonds. The van der Waals surface area contributed by atoms with E-state index >= 15 is 0 Å². The number of hydrogen-bond acceptors (Lipinski definition) is 4. The lowest BCUT2D eigenvalue weighted by molar-refractivity contribution is -0.142. The van der Waals surface area contributed by atoms with E-state index in [4.69, 9.17) is 0 Å². The van der Waals surface area contributed by atoms with Gasteiger partial charge in [-0.2, -0.15) is 0 Å². The first kappa shape index (κ1) is 14.8. The van der Waals surface area contributed by atoms with E-state index in [0.717, 1.165) is 30.8 Å². The van der Waals surface area contributed by atoms with Crippen LogP contribution in [0.25, 0.3) is 6.08 Å². The van der Waals surface area contributed by atoms with Gasteiger partial charge in [-0.3, -0.25) is 9.59 Å². The van der Waals surface area contributed by atoms with Crippen molar-refractivity contribution in [2.24, 2.45) is 5.92 Å². The van der Waals surface area contributed by atoms with Gasteiger partial charge >= 0.3 is 5.97 Å². The highest BCUT2D eigenvalue weighted by molar-refractivity contribution is 7.10. The van der Waals surface area contributed by atoms with Crippen LogP contribution in [0.4, 0.5) is 0 Å². The summed E-state index contributed by atoms with van der Waals surface area (Å²) in [4.78, 5) is 26.2. The lowest BCUT2D eigenvalue weighted by atomic mass is 9.93. The van der Waals surface area contributed by atoms with E-state index in [9.17, 15) is 9.59 Å². The number of methoxy groups -OCH3 is 1. The minimum Gasteiger partial charge on any atom is -0.469 e. The fourth-order valence-corrected chi connectivity index (χ4v) is 2.94. The summed E-state index contributed by atoms with van der Waals surface area (Å²) in [6.45, 7) is 1.44. The average molecular weight is 293 g/mol. The van der Waals surface area contributed by atoms with Gasteiger partial charge in [0.15, 0.2) is 0 Å². The summed E-state index contributed by atoms with van der Waals surface area (Å²) in [5.74, 6) is 0.232. The van der Waals surface area contributed by atoms with Gasteiger partial charge in [-0.15, -0.1) is 11.3 Å². The first-order valence-corrected chi connectivity index (χ1v) is 7.64. The Morgan fingerprint density at radius 1 is 1.45 bits per heavy atom. The van der Waals surface area contributed by atoms with Gasteiger partial charge in [-0.25, -0.2) is 0 Å². The number of piperidine rings is 1. The Labute approximate surface area is 123 Å². The second-order valence-corrected chi connectivity index (χ2v) is 5.88. The number of carbonyl (C=O) groups is 2. The van der Waals surface area contributed by atoms with Crippen LogP contribution in [0, 0.1) is 5.92 Å². The quantitative estimate of drug-likeness (QED) is 0.633. The van der Waals surface area contributed by atoms with Crippen LogP contribution >= 0.6 is 11.3 Å². The molecule has 1 aromatic rings. The number of esters is 1. The van der Waals surface area contributed by atoms with Gasteiger partial charge in [-0.1, -0.05) is 6.07 Å². The number of amides is 1. The third-order valence-electron chi connectivity index (χ3n) is 3.54. The molecule has 108 valence electrons. The number of nitrogens with zero attached hydrogens (tertiary/aromatic N) is 1. The van der Waals surface area contributed by atoms with Crippen LogP contribution in [0.1, 0.15) is 24.1 Å². The molecule has 0 saturated carbocycles. The average Bonchev–Trinajstić information content (AvgIpc) is 2.98. The Kier molecular flexibility index (Phi) is 5.35.